The lowest BCUT2D eigenvalue weighted by molar-refractivity contribution is -0.118. The lowest BCUT2D eigenvalue weighted by Gasteiger charge is -2.14. The van der Waals surface area contributed by atoms with Gasteiger partial charge in [-0.3, -0.25) is 9.59 Å². The van der Waals surface area contributed by atoms with E-state index in [1.54, 1.807) is 30.3 Å². The van der Waals surface area contributed by atoms with Crippen molar-refractivity contribution in [3.63, 3.8) is 0 Å². The van der Waals surface area contributed by atoms with Gasteiger partial charge >= 0.3 is 0 Å². The highest BCUT2D eigenvalue weighted by atomic mass is 16.5. The zero-order valence-corrected chi connectivity index (χ0v) is 16.0. The van der Waals surface area contributed by atoms with E-state index in [1.807, 2.05) is 36.5 Å². The highest BCUT2D eigenvalue weighted by molar-refractivity contribution is 6.06. The summed E-state index contributed by atoms with van der Waals surface area (Å²) in [4.78, 5) is 28.7. The van der Waals surface area contributed by atoms with E-state index in [4.69, 9.17) is 4.74 Å². The molecule has 0 spiro atoms. The molecule has 29 heavy (non-hydrogen) atoms. The molecule has 2 heterocycles. The zero-order valence-electron chi connectivity index (χ0n) is 16.0. The van der Waals surface area contributed by atoms with Gasteiger partial charge in [0.1, 0.15) is 5.70 Å². The van der Waals surface area contributed by atoms with Crippen LogP contribution in [0.15, 0.2) is 66.5 Å². The Labute approximate surface area is 169 Å². The van der Waals surface area contributed by atoms with E-state index < -0.39 is 0 Å². The van der Waals surface area contributed by atoms with Crippen molar-refractivity contribution in [3.05, 3.63) is 77.6 Å². The van der Waals surface area contributed by atoms with E-state index in [2.05, 4.69) is 15.6 Å². The average Bonchev–Trinajstić information content (AvgIpc) is 3.42. The average molecular weight is 389 g/mol. The standard InChI is InChI=1S/C23H23N3O3/c27-22(16-7-2-1-3-8-16)26-21(23(28)25-15-18-9-6-12-29-18)13-17-14-24-20-11-5-4-10-19(17)20/h1-5,7-8,10-11,13-14,18,24H,6,9,12,15H2,(H,25,28)(H,26,27)/b21-13+/t18-/m0/s1. The maximum atomic E-state index is 12.9. The van der Waals surface area contributed by atoms with Gasteiger partial charge in [-0.1, -0.05) is 36.4 Å². The number of H-pyrrole nitrogens is 1. The summed E-state index contributed by atoms with van der Waals surface area (Å²) in [5, 5.41) is 6.63. The predicted molar refractivity (Wildman–Crippen MR) is 112 cm³/mol. The van der Waals surface area contributed by atoms with Crippen molar-refractivity contribution in [3.8, 4) is 0 Å². The van der Waals surface area contributed by atoms with Gasteiger partial charge in [-0.15, -0.1) is 0 Å². The molecule has 3 aromatic rings. The number of rotatable bonds is 6. The number of amides is 2. The van der Waals surface area contributed by atoms with Gasteiger partial charge in [0.25, 0.3) is 11.8 Å². The van der Waals surface area contributed by atoms with Crippen LogP contribution in [0.4, 0.5) is 0 Å². The lowest BCUT2D eigenvalue weighted by Crippen LogP contribution is -2.38. The van der Waals surface area contributed by atoms with Gasteiger partial charge in [0.05, 0.1) is 6.10 Å². The van der Waals surface area contributed by atoms with Crippen LogP contribution in [0.1, 0.15) is 28.8 Å². The minimum Gasteiger partial charge on any atom is -0.376 e. The van der Waals surface area contributed by atoms with Gasteiger partial charge in [-0.2, -0.15) is 0 Å². The molecule has 148 valence electrons. The first-order chi connectivity index (χ1) is 14.2. The smallest absolute Gasteiger partial charge is 0.267 e. The molecule has 0 radical (unpaired) electrons. The van der Waals surface area contributed by atoms with E-state index in [9.17, 15) is 9.59 Å². The van der Waals surface area contributed by atoms with Crippen LogP contribution in [-0.4, -0.2) is 36.1 Å². The van der Waals surface area contributed by atoms with Gasteiger partial charge in [0.15, 0.2) is 0 Å². The maximum absolute atomic E-state index is 12.9. The second kappa shape index (κ2) is 8.75. The number of ether oxygens (including phenoxy) is 1. The lowest BCUT2D eigenvalue weighted by atomic mass is 10.1. The van der Waals surface area contributed by atoms with Crippen LogP contribution < -0.4 is 10.6 Å². The van der Waals surface area contributed by atoms with Crippen molar-refractivity contribution in [2.45, 2.75) is 18.9 Å². The van der Waals surface area contributed by atoms with Crippen molar-refractivity contribution in [1.29, 1.82) is 0 Å². The molecule has 1 saturated heterocycles. The summed E-state index contributed by atoms with van der Waals surface area (Å²) in [6.45, 7) is 1.15. The van der Waals surface area contributed by atoms with Crippen LogP contribution in [0.5, 0.6) is 0 Å². The topological polar surface area (TPSA) is 83.2 Å². The second-order valence-electron chi connectivity index (χ2n) is 7.01. The predicted octanol–water partition coefficient (Wildman–Crippen LogP) is 3.23. The van der Waals surface area contributed by atoms with Crippen LogP contribution in [0, 0.1) is 0 Å². The molecular weight excluding hydrogens is 366 g/mol. The summed E-state index contributed by atoms with van der Waals surface area (Å²) in [5.74, 6) is -0.668. The van der Waals surface area contributed by atoms with Gasteiger partial charge in [0.2, 0.25) is 0 Å². The van der Waals surface area contributed by atoms with Crippen LogP contribution in [-0.2, 0) is 9.53 Å². The number of nitrogens with one attached hydrogen (secondary N) is 3. The quantitative estimate of drug-likeness (QED) is 0.566. The highest BCUT2D eigenvalue weighted by Gasteiger charge is 2.19. The molecule has 1 aliphatic heterocycles. The molecule has 4 rings (SSSR count). The molecule has 6 nitrogen and oxygen atoms in total. The largest absolute Gasteiger partial charge is 0.376 e. The van der Waals surface area contributed by atoms with E-state index in [1.165, 1.54) is 0 Å². The van der Waals surface area contributed by atoms with E-state index in [0.717, 1.165) is 35.9 Å². The number of para-hydroxylation sites is 1. The monoisotopic (exact) mass is 389 g/mol. The summed E-state index contributed by atoms with van der Waals surface area (Å²) in [7, 11) is 0. The third-order valence-corrected chi connectivity index (χ3v) is 4.96. The molecule has 0 bridgehead atoms. The van der Waals surface area contributed by atoms with Crippen molar-refractivity contribution in [2.75, 3.05) is 13.2 Å². The summed E-state index contributed by atoms with van der Waals surface area (Å²) in [6.07, 6.45) is 5.48. The zero-order chi connectivity index (χ0) is 20.1. The molecule has 1 aromatic heterocycles. The minimum absolute atomic E-state index is 0.0260. The van der Waals surface area contributed by atoms with Crippen molar-refractivity contribution in [1.82, 2.24) is 15.6 Å². The van der Waals surface area contributed by atoms with E-state index in [-0.39, 0.29) is 23.6 Å². The van der Waals surface area contributed by atoms with Gasteiger partial charge in [-0.05, 0) is 37.1 Å². The molecule has 1 aliphatic rings. The first-order valence-electron chi connectivity index (χ1n) is 9.75. The van der Waals surface area contributed by atoms with Crippen molar-refractivity contribution < 1.29 is 14.3 Å². The van der Waals surface area contributed by atoms with Crippen LogP contribution in [0.25, 0.3) is 17.0 Å². The van der Waals surface area contributed by atoms with Crippen molar-refractivity contribution in [2.24, 2.45) is 0 Å². The number of carbonyl (C=O) groups is 2. The number of carbonyl (C=O) groups excluding carboxylic acids is 2. The fourth-order valence-electron chi connectivity index (χ4n) is 3.42. The second-order valence-corrected chi connectivity index (χ2v) is 7.01. The Balaban J connectivity index is 1.59. The summed E-state index contributed by atoms with van der Waals surface area (Å²) in [5.41, 5.74) is 2.48. The number of aromatic nitrogens is 1. The Morgan fingerprint density at radius 3 is 2.69 bits per heavy atom. The van der Waals surface area contributed by atoms with E-state index in [0.29, 0.717) is 12.1 Å². The number of fused-ring (bicyclic) bond motifs is 1. The molecule has 6 heteroatoms. The molecule has 0 saturated carbocycles. The van der Waals surface area contributed by atoms with Crippen molar-refractivity contribution >= 4 is 28.8 Å². The fraction of sp³-hybridized carbons (Fsp3) is 0.217. The Morgan fingerprint density at radius 2 is 1.90 bits per heavy atom. The molecule has 2 amide bonds. The number of hydrogen-bond donors (Lipinski definition) is 3. The number of benzene rings is 2. The molecular formula is C23H23N3O3. The Kier molecular flexibility index (Phi) is 5.72. The molecule has 0 unspecified atom stereocenters. The van der Waals surface area contributed by atoms with Crippen LogP contribution in [0.3, 0.4) is 0 Å². The Morgan fingerprint density at radius 1 is 1.10 bits per heavy atom. The molecule has 1 atom stereocenters. The Bertz CT molecular complexity index is 1030. The summed E-state index contributed by atoms with van der Waals surface area (Å²) >= 11 is 0. The van der Waals surface area contributed by atoms with Crippen LogP contribution >= 0.6 is 0 Å². The molecule has 0 aliphatic carbocycles. The first-order valence-corrected chi connectivity index (χ1v) is 9.75. The van der Waals surface area contributed by atoms with Crippen LogP contribution in [0.2, 0.25) is 0 Å². The van der Waals surface area contributed by atoms with Gasteiger partial charge in [0, 0.05) is 41.4 Å². The number of hydrogen-bond acceptors (Lipinski definition) is 3. The number of aromatic amines is 1. The molecule has 3 N–H and O–H groups in total. The van der Waals surface area contributed by atoms with E-state index >= 15 is 0 Å². The highest BCUT2D eigenvalue weighted by Crippen LogP contribution is 2.20. The molecule has 2 aromatic carbocycles. The SMILES string of the molecule is O=C(NC[C@@H]1CCCO1)/C(=C\c1c[nH]c2ccccc12)NC(=O)c1ccccc1. The maximum Gasteiger partial charge on any atom is 0.267 e. The Hall–Kier alpha value is -3.38. The summed E-state index contributed by atoms with van der Waals surface area (Å²) in [6, 6.07) is 16.7. The molecule has 1 fully saturated rings. The fourth-order valence-corrected chi connectivity index (χ4v) is 3.42. The minimum atomic E-state index is -0.338. The third-order valence-electron chi connectivity index (χ3n) is 4.96. The summed E-state index contributed by atoms with van der Waals surface area (Å²) < 4.78 is 5.57. The third kappa shape index (κ3) is 4.55. The first kappa shape index (κ1) is 19.0. The van der Waals surface area contributed by atoms with Gasteiger partial charge in [-0.25, -0.2) is 0 Å². The normalized spacial score (nSPS) is 16.7. The van der Waals surface area contributed by atoms with Gasteiger partial charge < -0.3 is 20.4 Å².